The zero-order valence-electron chi connectivity index (χ0n) is 7.76. The van der Waals surface area contributed by atoms with E-state index in [2.05, 4.69) is 10.0 Å². The molecule has 12 heavy (non-hydrogen) atoms. The topological polar surface area (TPSA) is 58.2 Å². The highest BCUT2D eigenvalue weighted by molar-refractivity contribution is 7.89. The van der Waals surface area contributed by atoms with Crippen molar-refractivity contribution in [3.05, 3.63) is 0 Å². The lowest BCUT2D eigenvalue weighted by Gasteiger charge is -2.04. The molecule has 0 aromatic heterocycles. The summed E-state index contributed by atoms with van der Waals surface area (Å²) in [4.78, 5) is 0. The van der Waals surface area contributed by atoms with Gasteiger partial charge in [0.25, 0.3) is 0 Å². The first-order chi connectivity index (χ1) is 5.62. The van der Waals surface area contributed by atoms with Crippen molar-refractivity contribution in [3.8, 4) is 0 Å². The van der Waals surface area contributed by atoms with E-state index in [0.29, 0.717) is 19.5 Å². The normalized spacial score (nSPS) is 11.8. The zero-order valence-corrected chi connectivity index (χ0v) is 8.58. The quantitative estimate of drug-likeness (QED) is 0.558. The van der Waals surface area contributed by atoms with Crippen LogP contribution < -0.4 is 10.0 Å². The molecular formula is C7H18N2O2S. The highest BCUT2D eigenvalue weighted by Crippen LogP contribution is 1.86. The molecule has 0 amide bonds. The Hall–Kier alpha value is -0.130. The molecule has 0 spiro atoms. The van der Waals surface area contributed by atoms with Gasteiger partial charge in [-0.05, 0) is 13.0 Å². The first-order valence-electron chi connectivity index (χ1n) is 4.30. The Morgan fingerprint density at radius 1 is 1.17 bits per heavy atom. The van der Waals surface area contributed by atoms with Crippen molar-refractivity contribution in [2.24, 2.45) is 0 Å². The van der Waals surface area contributed by atoms with E-state index < -0.39 is 10.0 Å². The molecule has 0 aromatic carbocycles. The fourth-order valence-electron chi connectivity index (χ4n) is 0.813. The molecule has 0 radical (unpaired) electrons. The lowest BCUT2D eigenvalue weighted by Crippen LogP contribution is -2.33. The van der Waals surface area contributed by atoms with Gasteiger partial charge in [-0.25, -0.2) is 13.1 Å². The maximum Gasteiger partial charge on any atom is 0.211 e. The standard InChI is InChI=1S/C7H18N2O2S/c1-3-7-12(10,11)9-6-5-8-4-2/h8-9H,3-7H2,1-2H3. The minimum absolute atomic E-state index is 0.221. The summed E-state index contributed by atoms with van der Waals surface area (Å²) < 4.78 is 24.6. The number of rotatable bonds is 7. The smallest absolute Gasteiger partial charge is 0.211 e. The first kappa shape index (κ1) is 11.9. The molecule has 0 aliphatic carbocycles. The monoisotopic (exact) mass is 194 g/mol. The van der Waals surface area contributed by atoms with Crippen LogP contribution in [0.2, 0.25) is 0 Å². The van der Waals surface area contributed by atoms with E-state index in [9.17, 15) is 8.42 Å². The molecule has 0 aromatic rings. The molecular weight excluding hydrogens is 176 g/mol. The van der Waals surface area contributed by atoms with Gasteiger partial charge >= 0.3 is 0 Å². The van der Waals surface area contributed by atoms with Crippen molar-refractivity contribution in [1.82, 2.24) is 10.0 Å². The maximum atomic E-state index is 11.1. The number of sulfonamides is 1. The Labute approximate surface area is 74.8 Å². The minimum Gasteiger partial charge on any atom is -0.316 e. The van der Waals surface area contributed by atoms with Gasteiger partial charge in [0.15, 0.2) is 0 Å². The van der Waals surface area contributed by atoms with Gasteiger partial charge < -0.3 is 5.32 Å². The van der Waals surface area contributed by atoms with Gasteiger partial charge in [0.2, 0.25) is 10.0 Å². The number of nitrogens with one attached hydrogen (secondary N) is 2. The van der Waals surface area contributed by atoms with Crippen molar-refractivity contribution in [2.45, 2.75) is 20.3 Å². The summed E-state index contributed by atoms with van der Waals surface area (Å²) in [6, 6.07) is 0. The molecule has 0 fully saturated rings. The van der Waals surface area contributed by atoms with E-state index in [1.807, 2.05) is 13.8 Å². The van der Waals surface area contributed by atoms with E-state index in [1.165, 1.54) is 0 Å². The SMILES string of the molecule is CCCS(=O)(=O)NCCNCC. The van der Waals surface area contributed by atoms with Gasteiger partial charge in [0.1, 0.15) is 0 Å². The number of hydrogen-bond donors (Lipinski definition) is 2. The van der Waals surface area contributed by atoms with Crippen LogP contribution in [0.1, 0.15) is 20.3 Å². The fourth-order valence-corrected chi connectivity index (χ4v) is 1.91. The van der Waals surface area contributed by atoms with Crippen LogP contribution in [-0.2, 0) is 10.0 Å². The summed E-state index contributed by atoms with van der Waals surface area (Å²) in [6.07, 6.45) is 0.663. The Bertz CT molecular complexity index is 190. The average molecular weight is 194 g/mol. The molecule has 74 valence electrons. The lowest BCUT2D eigenvalue weighted by molar-refractivity contribution is 0.576. The molecule has 0 unspecified atom stereocenters. The molecule has 0 aliphatic heterocycles. The molecule has 0 bridgehead atoms. The van der Waals surface area contributed by atoms with Gasteiger partial charge in [-0.1, -0.05) is 13.8 Å². The Kier molecular flexibility index (Phi) is 6.32. The van der Waals surface area contributed by atoms with Gasteiger partial charge in [-0.3, -0.25) is 0 Å². The minimum atomic E-state index is -3.00. The van der Waals surface area contributed by atoms with Crippen molar-refractivity contribution in [2.75, 3.05) is 25.4 Å². The van der Waals surface area contributed by atoms with E-state index in [4.69, 9.17) is 0 Å². The average Bonchev–Trinajstić information content (AvgIpc) is 1.98. The van der Waals surface area contributed by atoms with Gasteiger partial charge in [-0.2, -0.15) is 0 Å². The predicted molar refractivity (Wildman–Crippen MR) is 50.6 cm³/mol. The summed E-state index contributed by atoms with van der Waals surface area (Å²) in [6.45, 7) is 5.88. The number of hydrogen-bond acceptors (Lipinski definition) is 3. The van der Waals surface area contributed by atoms with Crippen LogP contribution in [0.5, 0.6) is 0 Å². The van der Waals surface area contributed by atoms with Crippen LogP contribution >= 0.6 is 0 Å². The molecule has 0 rings (SSSR count). The van der Waals surface area contributed by atoms with Gasteiger partial charge in [0.05, 0.1) is 5.75 Å². The Balaban J connectivity index is 3.48. The van der Waals surface area contributed by atoms with Crippen molar-refractivity contribution < 1.29 is 8.42 Å². The van der Waals surface area contributed by atoms with E-state index in [-0.39, 0.29) is 5.75 Å². The van der Waals surface area contributed by atoms with Gasteiger partial charge in [-0.15, -0.1) is 0 Å². The molecule has 0 heterocycles. The van der Waals surface area contributed by atoms with Crippen LogP contribution in [0.25, 0.3) is 0 Å². The van der Waals surface area contributed by atoms with Crippen molar-refractivity contribution in [3.63, 3.8) is 0 Å². The second-order valence-electron chi connectivity index (χ2n) is 2.57. The second kappa shape index (κ2) is 6.39. The summed E-state index contributed by atoms with van der Waals surface area (Å²) in [5.41, 5.74) is 0. The molecule has 5 heteroatoms. The highest BCUT2D eigenvalue weighted by atomic mass is 32.2. The zero-order chi connectivity index (χ0) is 9.45. The third kappa shape index (κ3) is 6.57. The summed E-state index contributed by atoms with van der Waals surface area (Å²) in [5, 5.41) is 3.04. The molecule has 2 N–H and O–H groups in total. The van der Waals surface area contributed by atoms with Gasteiger partial charge in [0, 0.05) is 13.1 Å². The Morgan fingerprint density at radius 2 is 1.83 bits per heavy atom. The van der Waals surface area contributed by atoms with Crippen LogP contribution in [0.3, 0.4) is 0 Å². The van der Waals surface area contributed by atoms with Crippen LogP contribution in [-0.4, -0.2) is 33.8 Å². The largest absolute Gasteiger partial charge is 0.316 e. The first-order valence-corrected chi connectivity index (χ1v) is 5.95. The highest BCUT2D eigenvalue weighted by Gasteiger charge is 2.05. The molecule has 0 aliphatic rings. The summed E-state index contributed by atoms with van der Waals surface area (Å²) >= 11 is 0. The second-order valence-corrected chi connectivity index (χ2v) is 4.49. The van der Waals surface area contributed by atoms with Crippen LogP contribution in [0.4, 0.5) is 0 Å². The van der Waals surface area contributed by atoms with Crippen LogP contribution in [0, 0.1) is 0 Å². The third-order valence-corrected chi connectivity index (χ3v) is 2.94. The third-order valence-electron chi connectivity index (χ3n) is 1.35. The fraction of sp³-hybridized carbons (Fsp3) is 1.00. The van der Waals surface area contributed by atoms with Crippen LogP contribution in [0.15, 0.2) is 0 Å². The molecule has 4 nitrogen and oxygen atoms in total. The lowest BCUT2D eigenvalue weighted by atomic mass is 10.6. The summed E-state index contributed by atoms with van der Waals surface area (Å²) in [5.74, 6) is 0.221. The van der Waals surface area contributed by atoms with E-state index in [1.54, 1.807) is 0 Å². The molecule has 0 saturated carbocycles. The molecule has 0 atom stereocenters. The van der Waals surface area contributed by atoms with E-state index >= 15 is 0 Å². The predicted octanol–water partition coefficient (Wildman–Crippen LogP) is -0.0747. The van der Waals surface area contributed by atoms with Crippen molar-refractivity contribution >= 4 is 10.0 Å². The maximum absolute atomic E-state index is 11.1. The summed E-state index contributed by atoms with van der Waals surface area (Å²) in [7, 11) is -3.00. The van der Waals surface area contributed by atoms with Crippen molar-refractivity contribution in [1.29, 1.82) is 0 Å². The van der Waals surface area contributed by atoms with E-state index in [0.717, 1.165) is 6.54 Å². The Morgan fingerprint density at radius 3 is 2.33 bits per heavy atom. The number of likely N-dealkylation sites (N-methyl/N-ethyl adjacent to an activating group) is 1. The molecule has 0 saturated heterocycles.